The topological polar surface area (TPSA) is 69.3 Å². The molecule has 0 fully saturated rings. The Balaban J connectivity index is 1.43. The van der Waals surface area contributed by atoms with E-state index in [-0.39, 0.29) is 18.2 Å². The summed E-state index contributed by atoms with van der Waals surface area (Å²) in [6.07, 6.45) is 0. The summed E-state index contributed by atoms with van der Waals surface area (Å²) in [7, 11) is 1.83. The number of hydrogen-bond donors (Lipinski definition) is 1. The highest BCUT2D eigenvalue weighted by Crippen LogP contribution is 2.19. The molecule has 2 aromatic carbocycles. The smallest absolute Gasteiger partial charge is 0.293 e. The van der Waals surface area contributed by atoms with Gasteiger partial charge in [-0.1, -0.05) is 12.1 Å². The number of ether oxygens (including phenoxy) is 1. The van der Waals surface area contributed by atoms with E-state index in [1.54, 1.807) is 16.7 Å². The summed E-state index contributed by atoms with van der Waals surface area (Å²) >= 11 is 0. The van der Waals surface area contributed by atoms with E-state index < -0.39 is 5.91 Å². The second-order valence-electron chi connectivity index (χ2n) is 5.95. The van der Waals surface area contributed by atoms with Crippen LogP contribution >= 0.6 is 0 Å². The van der Waals surface area contributed by atoms with Crippen molar-refractivity contribution in [2.75, 3.05) is 5.32 Å². The van der Waals surface area contributed by atoms with Crippen LogP contribution in [-0.4, -0.2) is 15.5 Å². The number of halogens is 1. The Kier molecular flexibility index (Phi) is 4.33. The average Bonchev–Trinajstić information content (AvgIpc) is 3.27. The largest absolute Gasteiger partial charge is 0.486 e. The van der Waals surface area contributed by atoms with E-state index in [1.165, 1.54) is 24.3 Å². The van der Waals surface area contributed by atoms with Gasteiger partial charge in [0.25, 0.3) is 5.91 Å². The number of rotatable bonds is 5. The number of nitrogens with zero attached hydrogens (tertiary/aromatic N) is 2. The summed E-state index contributed by atoms with van der Waals surface area (Å²) < 4.78 is 25.7. The maximum atomic E-state index is 12.9. The Hall–Kier alpha value is -3.61. The monoisotopic (exact) mass is 365 g/mol. The number of aryl methyl sites for hydroxylation is 1. The Morgan fingerprint density at radius 1 is 1.15 bits per heavy atom. The van der Waals surface area contributed by atoms with Crippen molar-refractivity contribution >= 4 is 22.9 Å². The predicted molar refractivity (Wildman–Crippen MR) is 98.1 cm³/mol. The first-order valence-corrected chi connectivity index (χ1v) is 8.30. The zero-order valence-corrected chi connectivity index (χ0v) is 14.5. The summed E-state index contributed by atoms with van der Waals surface area (Å²) in [6.45, 7) is 0.130. The van der Waals surface area contributed by atoms with Crippen molar-refractivity contribution in [1.29, 1.82) is 0 Å². The lowest BCUT2D eigenvalue weighted by Gasteiger charge is -2.04. The lowest BCUT2D eigenvalue weighted by Crippen LogP contribution is -2.14. The van der Waals surface area contributed by atoms with Crippen molar-refractivity contribution in [3.8, 4) is 5.75 Å². The van der Waals surface area contributed by atoms with Gasteiger partial charge in [0, 0.05) is 7.05 Å². The van der Waals surface area contributed by atoms with Gasteiger partial charge >= 0.3 is 0 Å². The molecular weight excluding hydrogens is 349 g/mol. The number of hydrogen-bond acceptors (Lipinski definition) is 4. The molecule has 0 saturated carbocycles. The van der Waals surface area contributed by atoms with Gasteiger partial charge in [0.1, 0.15) is 23.9 Å². The lowest BCUT2D eigenvalue weighted by molar-refractivity contribution is 0.0991. The molecule has 6 nitrogen and oxygen atoms in total. The van der Waals surface area contributed by atoms with Crippen LogP contribution in [0.4, 0.5) is 10.3 Å². The third kappa shape index (κ3) is 3.52. The fraction of sp³-hybridized carbons (Fsp3) is 0.100. The normalized spacial score (nSPS) is 10.9. The number of nitrogens with one attached hydrogen (secondary N) is 1. The molecule has 0 saturated heterocycles. The van der Waals surface area contributed by atoms with E-state index in [0.29, 0.717) is 17.5 Å². The summed E-state index contributed by atoms with van der Waals surface area (Å²) in [5.41, 5.74) is 1.71. The third-order valence-electron chi connectivity index (χ3n) is 4.09. The lowest BCUT2D eigenvalue weighted by atomic mass is 10.3. The van der Waals surface area contributed by atoms with Crippen LogP contribution in [0.3, 0.4) is 0 Å². The first-order valence-electron chi connectivity index (χ1n) is 8.30. The van der Waals surface area contributed by atoms with Crippen molar-refractivity contribution in [3.63, 3.8) is 0 Å². The highest BCUT2D eigenvalue weighted by molar-refractivity contribution is 6.02. The van der Waals surface area contributed by atoms with Crippen LogP contribution in [0.5, 0.6) is 5.75 Å². The molecular formula is C20H16FN3O3. The minimum atomic E-state index is -0.401. The SMILES string of the molecule is Cn1c(NC(=O)c2ccc(COc3ccc(F)cc3)o2)nc2ccccc21. The van der Waals surface area contributed by atoms with Gasteiger partial charge in [0.15, 0.2) is 5.76 Å². The molecule has 7 heteroatoms. The van der Waals surface area contributed by atoms with E-state index >= 15 is 0 Å². The number of imidazole rings is 1. The van der Waals surface area contributed by atoms with Gasteiger partial charge in [-0.2, -0.15) is 0 Å². The van der Waals surface area contributed by atoms with E-state index in [9.17, 15) is 9.18 Å². The zero-order chi connectivity index (χ0) is 18.8. The number of furan rings is 1. The summed E-state index contributed by atoms with van der Waals surface area (Å²) in [4.78, 5) is 16.8. The van der Waals surface area contributed by atoms with Crippen LogP contribution in [0.2, 0.25) is 0 Å². The maximum Gasteiger partial charge on any atom is 0.293 e. The molecule has 0 bridgehead atoms. The molecule has 0 unspecified atom stereocenters. The van der Waals surface area contributed by atoms with E-state index in [2.05, 4.69) is 10.3 Å². The molecule has 4 aromatic rings. The Labute approximate surface area is 154 Å². The number of aromatic nitrogens is 2. The predicted octanol–water partition coefficient (Wildman–Crippen LogP) is 4.14. The van der Waals surface area contributed by atoms with E-state index in [1.807, 2.05) is 31.3 Å². The molecule has 1 N–H and O–H groups in total. The molecule has 136 valence electrons. The second kappa shape index (κ2) is 6.95. The molecule has 0 radical (unpaired) electrons. The summed E-state index contributed by atoms with van der Waals surface area (Å²) in [5.74, 6) is 0.845. The van der Waals surface area contributed by atoms with Gasteiger partial charge in [0.05, 0.1) is 11.0 Å². The van der Waals surface area contributed by atoms with Gasteiger partial charge in [-0.3, -0.25) is 10.1 Å². The molecule has 0 aliphatic carbocycles. The fourth-order valence-corrected chi connectivity index (χ4v) is 2.68. The first kappa shape index (κ1) is 16.8. The first-order chi connectivity index (χ1) is 13.1. The minimum absolute atomic E-state index is 0.130. The van der Waals surface area contributed by atoms with Crippen LogP contribution in [0, 0.1) is 5.82 Å². The van der Waals surface area contributed by atoms with E-state index in [4.69, 9.17) is 9.15 Å². The van der Waals surface area contributed by atoms with Gasteiger partial charge in [-0.25, -0.2) is 9.37 Å². The van der Waals surface area contributed by atoms with Crippen LogP contribution in [0.25, 0.3) is 11.0 Å². The van der Waals surface area contributed by atoms with Crippen LogP contribution < -0.4 is 10.1 Å². The number of para-hydroxylation sites is 2. The maximum absolute atomic E-state index is 12.9. The second-order valence-corrected chi connectivity index (χ2v) is 5.95. The van der Waals surface area contributed by atoms with E-state index in [0.717, 1.165) is 11.0 Å². The third-order valence-corrected chi connectivity index (χ3v) is 4.09. The molecule has 2 aromatic heterocycles. The molecule has 0 aliphatic rings. The molecule has 0 spiro atoms. The quantitative estimate of drug-likeness (QED) is 0.577. The average molecular weight is 365 g/mol. The highest BCUT2D eigenvalue weighted by Gasteiger charge is 2.15. The summed E-state index contributed by atoms with van der Waals surface area (Å²) in [5, 5.41) is 2.75. The molecule has 1 amide bonds. The van der Waals surface area contributed by atoms with Gasteiger partial charge < -0.3 is 13.7 Å². The molecule has 0 aliphatic heterocycles. The van der Waals surface area contributed by atoms with Crippen molar-refractivity contribution < 1.29 is 18.3 Å². The number of carbonyl (C=O) groups is 1. The Bertz CT molecular complexity index is 1100. The van der Waals surface area contributed by atoms with Crippen LogP contribution in [-0.2, 0) is 13.7 Å². The number of fused-ring (bicyclic) bond motifs is 1. The standard InChI is InChI=1S/C20H16FN3O3/c1-24-17-5-3-2-4-16(17)22-20(24)23-19(25)18-11-10-15(27-18)12-26-14-8-6-13(21)7-9-14/h2-11H,12H2,1H3,(H,22,23,25). The van der Waals surface area contributed by atoms with Crippen LogP contribution in [0.1, 0.15) is 16.3 Å². The van der Waals surface area contributed by atoms with Crippen molar-refractivity contribution in [2.24, 2.45) is 7.05 Å². The van der Waals surface area contributed by atoms with Gasteiger partial charge in [0.2, 0.25) is 5.95 Å². The number of carbonyl (C=O) groups excluding carboxylic acids is 1. The zero-order valence-electron chi connectivity index (χ0n) is 14.5. The number of anilines is 1. The van der Waals surface area contributed by atoms with Crippen LogP contribution in [0.15, 0.2) is 65.1 Å². The highest BCUT2D eigenvalue weighted by atomic mass is 19.1. The fourth-order valence-electron chi connectivity index (χ4n) is 2.68. The van der Waals surface area contributed by atoms with Crippen molar-refractivity contribution in [3.05, 3.63) is 78.0 Å². The van der Waals surface area contributed by atoms with Gasteiger partial charge in [-0.05, 0) is 48.5 Å². The summed E-state index contributed by atoms with van der Waals surface area (Å²) in [6, 6.07) is 16.5. The Morgan fingerprint density at radius 2 is 1.93 bits per heavy atom. The number of amides is 1. The van der Waals surface area contributed by atoms with Crippen molar-refractivity contribution in [2.45, 2.75) is 6.61 Å². The molecule has 27 heavy (non-hydrogen) atoms. The van der Waals surface area contributed by atoms with Gasteiger partial charge in [-0.15, -0.1) is 0 Å². The molecule has 4 rings (SSSR count). The molecule has 0 atom stereocenters. The molecule has 2 heterocycles. The minimum Gasteiger partial charge on any atom is -0.486 e. The number of benzene rings is 2. The Morgan fingerprint density at radius 3 is 2.70 bits per heavy atom. The van der Waals surface area contributed by atoms with Crippen molar-refractivity contribution in [1.82, 2.24) is 9.55 Å².